The molecule has 0 saturated heterocycles. The van der Waals surface area contributed by atoms with Crippen molar-refractivity contribution in [1.29, 1.82) is 0 Å². The van der Waals surface area contributed by atoms with Crippen LogP contribution in [-0.4, -0.2) is 23.7 Å². The Morgan fingerprint density at radius 3 is 2.81 bits per heavy atom. The van der Waals surface area contributed by atoms with E-state index in [1.807, 2.05) is 12.1 Å². The Kier molecular flexibility index (Phi) is 2.80. The number of fused-ring (bicyclic) bond motifs is 1. The lowest BCUT2D eigenvalue weighted by atomic mass is 9.97. The Morgan fingerprint density at radius 1 is 1.44 bits per heavy atom. The molecule has 1 aromatic carbocycles. The second-order valence-corrected chi connectivity index (χ2v) is 4.99. The number of likely N-dealkylation sites (N-methyl/N-ethyl adjacent to an activating group) is 1. The third kappa shape index (κ3) is 1.87. The van der Waals surface area contributed by atoms with Gasteiger partial charge in [-0.25, -0.2) is 0 Å². The molecule has 2 rings (SSSR count). The fourth-order valence-corrected chi connectivity index (χ4v) is 2.35. The van der Waals surface area contributed by atoms with E-state index in [0.29, 0.717) is 0 Å². The van der Waals surface area contributed by atoms with E-state index < -0.39 is 0 Å². The van der Waals surface area contributed by atoms with Crippen molar-refractivity contribution in [3.05, 3.63) is 23.8 Å². The lowest BCUT2D eigenvalue weighted by molar-refractivity contribution is 0.282. The summed E-state index contributed by atoms with van der Waals surface area (Å²) in [5.74, 6) is 0. The van der Waals surface area contributed by atoms with E-state index >= 15 is 0 Å². The lowest BCUT2D eigenvalue weighted by Crippen LogP contribution is -2.48. The standard InChI is InChI=1S/C13H20N2O/c1-4-15-9-13(2,3)14-12-10(8-16)6-5-7-11(12)15/h5-7,14,16H,4,8-9H2,1-3H3. The van der Waals surface area contributed by atoms with Crippen molar-refractivity contribution < 1.29 is 5.11 Å². The lowest BCUT2D eigenvalue weighted by Gasteiger charge is -2.42. The van der Waals surface area contributed by atoms with Gasteiger partial charge in [0, 0.05) is 24.2 Å². The van der Waals surface area contributed by atoms with E-state index in [1.54, 1.807) is 0 Å². The Labute approximate surface area is 97.1 Å². The molecule has 1 heterocycles. The highest BCUT2D eigenvalue weighted by molar-refractivity contribution is 5.76. The number of rotatable bonds is 2. The van der Waals surface area contributed by atoms with E-state index in [1.165, 1.54) is 5.69 Å². The predicted octanol–water partition coefficient (Wildman–Crippen LogP) is 2.21. The van der Waals surface area contributed by atoms with E-state index in [-0.39, 0.29) is 12.1 Å². The minimum atomic E-state index is 0.0499. The summed E-state index contributed by atoms with van der Waals surface area (Å²) in [5.41, 5.74) is 3.31. The molecule has 3 nitrogen and oxygen atoms in total. The van der Waals surface area contributed by atoms with Gasteiger partial charge in [0.15, 0.2) is 0 Å². The SMILES string of the molecule is CCN1CC(C)(C)Nc2c(CO)cccc21. The van der Waals surface area contributed by atoms with Crippen molar-refractivity contribution in [3.8, 4) is 0 Å². The number of nitrogens with zero attached hydrogens (tertiary/aromatic N) is 1. The third-order valence-corrected chi connectivity index (χ3v) is 3.07. The molecule has 88 valence electrons. The monoisotopic (exact) mass is 220 g/mol. The van der Waals surface area contributed by atoms with Crippen molar-refractivity contribution in [2.45, 2.75) is 32.9 Å². The van der Waals surface area contributed by atoms with Crippen LogP contribution >= 0.6 is 0 Å². The topological polar surface area (TPSA) is 35.5 Å². The Hall–Kier alpha value is -1.22. The molecule has 0 unspecified atom stereocenters. The van der Waals surface area contributed by atoms with Gasteiger partial charge >= 0.3 is 0 Å². The van der Waals surface area contributed by atoms with Gasteiger partial charge in [0.2, 0.25) is 0 Å². The summed E-state index contributed by atoms with van der Waals surface area (Å²) in [6, 6.07) is 6.09. The number of hydrogen-bond donors (Lipinski definition) is 2. The summed E-state index contributed by atoms with van der Waals surface area (Å²) in [6.45, 7) is 8.61. The molecule has 1 aliphatic heterocycles. The molecule has 1 aliphatic rings. The normalized spacial score (nSPS) is 17.9. The average molecular weight is 220 g/mol. The number of benzene rings is 1. The van der Waals surface area contributed by atoms with Gasteiger partial charge in [-0.2, -0.15) is 0 Å². The molecule has 0 radical (unpaired) electrons. The maximum absolute atomic E-state index is 9.36. The Morgan fingerprint density at radius 2 is 2.19 bits per heavy atom. The zero-order valence-electron chi connectivity index (χ0n) is 10.2. The molecule has 0 aromatic heterocycles. The predicted molar refractivity (Wildman–Crippen MR) is 68.0 cm³/mol. The summed E-state index contributed by atoms with van der Waals surface area (Å²) >= 11 is 0. The van der Waals surface area contributed by atoms with Crippen LogP contribution < -0.4 is 10.2 Å². The second kappa shape index (κ2) is 3.98. The van der Waals surface area contributed by atoms with Gasteiger partial charge in [0.1, 0.15) is 0 Å². The van der Waals surface area contributed by atoms with Crippen molar-refractivity contribution in [2.75, 3.05) is 23.3 Å². The zero-order chi connectivity index (χ0) is 11.8. The number of hydrogen-bond acceptors (Lipinski definition) is 3. The minimum Gasteiger partial charge on any atom is -0.392 e. The molecular formula is C13H20N2O. The molecule has 0 fully saturated rings. The largest absolute Gasteiger partial charge is 0.392 e. The second-order valence-electron chi connectivity index (χ2n) is 4.99. The van der Waals surface area contributed by atoms with Crippen molar-refractivity contribution >= 4 is 11.4 Å². The molecule has 0 atom stereocenters. The highest BCUT2D eigenvalue weighted by Gasteiger charge is 2.29. The van der Waals surface area contributed by atoms with Crippen molar-refractivity contribution in [3.63, 3.8) is 0 Å². The first kappa shape index (κ1) is 11.3. The molecule has 0 aliphatic carbocycles. The summed E-state index contributed by atoms with van der Waals surface area (Å²) in [4.78, 5) is 2.35. The van der Waals surface area contributed by atoms with Crippen LogP contribution in [0.3, 0.4) is 0 Å². The molecule has 3 heteroatoms. The number of para-hydroxylation sites is 1. The van der Waals surface area contributed by atoms with Crippen LogP contribution in [0.1, 0.15) is 26.3 Å². The number of aliphatic hydroxyl groups is 1. The zero-order valence-corrected chi connectivity index (χ0v) is 10.2. The van der Waals surface area contributed by atoms with Crippen LogP contribution in [0.2, 0.25) is 0 Å². The maximum atomic E-state index is 9.36. The van der Waals surface area contributed by atoms with Crippen molar-refractivity contribution in [1.82, 2.24) is 0 Å². The minimum absolute atomic E-state index is 0.0499. The fraction of sp³-hybridized carbons (Fsp3) is 0.538. The van der Waals surface area contributed by atoms with Crippen LogP contribution in [0.25, 0.3) is 0 Å². The number of nitrogens with one attached hydrogen (secondary N) is 1. The molecule has 0 spiro atoms. The van der Waals surface area contributed by atoms with Crippen LogP contribution in [0.15, 0.2) is 18.2 Å². The smallest absolute Gasteiger partial charge is 0.0702 e. The van der Waals surface area contributed by atoms with Crippen LogP contribution in [0, 0.1) is 0 Å². The first-order chi connectivity index (χ1) is 7.57. The molecular weight excluding hydrogens is 200 g/mol. The van der Waals surface area contributed by atoms with E-state index in [2.05, 4.69) is 37.1 Å². The van der Waals surface area contributed by atoms with Gasteiger partial charge in [-0.15, -0.1) is 0 Å². The average Bonchev–Trinajstić information content (AvgIpc) is 2.26. The van der Waals surface area contributed by atoms with Crippen LogP contribution in [0.4, 0.5) is 11.4 Å². The summed E-state index contributed by atoms with van der Waals surface area (Å²) in [6.07, 6.45) is 0. The fourth-order valence-electron chi connectivity index (χ4n) is 2.35. The quantitative estimate of drug-likeness (QED) is 0.802. The van der Waals surface area contributed by atoms with Gasteiger partial charge < -0.3 is 15.3 Å². The van der Waals surface area contributed by atoms with Crippen LogP contribution in [0.5, 0.6) is 0 Å². The first-order valence-corrected chi connectivity index (χ1v) is 5.83. The Balaban J connectivity index is 2.49. The van der Waals surface area contributed by atoms with Gasteiger partial charge in [0.25, 0.3) is 0 Å². The third-order valence-electron chi connectivity index (χ3n) is 3.07. The number of aliphatic hydroxyl groups excluding tert-OH is 1. The molecule has 0 amide bonds. The molecule has 1 aromatic rings. The van der Waals surface area contributed by atoms with Gasteiger partial charge in [0.05, 0.1) is 18.0 Å². The Bertz CT molecular complexity index is 388. The molecule has 0 saturated carbocycles. The highest BCUT2D eigenvalue weighted by atomic mass is 16.3. The van der Waals surface area contributed by atoms with Gasteiger partial charge in [-0.1, -0.05) is 12.1 Å². The van der Waals surface area contributed by atoms with E-state index in [9.17, 15) is 5.11 Å². The van der Waals surface area contributed by atoms with E-state index in [4.69, 9.17) is 0 Å². The first-order valence-electron chi connectivity index (χ1n) is 5.83. The molecule has 2 N–H and O–H groups in total. The highest BCUT2D eigenvalue weighted by Crippen LogP contribution is 2.36. The maximum Gasteiger partial charge on any atom is 0.0702 e. The van der Waals surface area contributed by atoms with Crippen LogP contribution in [-0.2, 0) is 6.61 Å². The van der Waals surface area contributed by atoms with E-state index in [0.717, 1.165) is 24.3 Å². The number of anilines is 2. The summed E-state index contributed by atoms with van der Waals surface area (Å²) < 4.78 is 0. The molecule has 16 heavy (non-hydrogen) atoms. The molecule has 0 bridgehead atoms. The van der Waals surface area contributed by atoms with Gasteiger partial charge in [-0.05, 0) is 26.8 Å². The van der Waals surface area contributed by atoms with Crippen molar-refractivity contribution in [2.24, 2.45) is 0 Å². The summed E-state index contributed by atoms with van der Waals surface area (Å²) in [7, 11) is 0. The van der Waals surface area contributed by atoms with Gasteiger partial charge in [-0.3, -0.25) is 0 Å². The summed E-state index contributed by atoms with van der Waals surface area (Å²) in [5, 5.41) is 12.9.